The molecule has 0 fully saturated rings. The molecule has 0 aliphatic rings. The van der Waals surface area contributed by atoms with Gasteiger partial charge in [0.2, 0.25) is 0 Å². The topological polar surface area (TPSA) is 83.8 Å². The summed E-state index contributed by atoms with van der Waals surface area (Å²) < 4.78 is 17.6. The van der Waals surface area contributed by atoms with Gasteiger partial charge in [0.05, 0.1) is 0 Å². The summed E-state index contributed by atoms with van der Waals surface area (Å²) in [6.45, 7) is -0.719. The molecule has 0 heterocycles. The third-order valence-electron chi connectivity index (χ3n) is 1.54. The van der Waals surface area contributed by atoms with Gasteiger partial charge in [0.1, 0.15) is 17.1 Å². The van der Waals surface area contributed by atoms with Crippen LogP contribution in [0.2, 0.25) is 0 Å². The van der Waals surface area contributed by atoms with Crippen molar-refractivity contribution in [3.05, 3.63) is 29.6 Å². The fraction of sp³-hybridized carbons (Fsp3) is 0.111. The predicted molar refractivity (Wildman–Crippen MR) is 46.5 cm³/mol. The number of carboxylic acids is 2. The molecule has 0 atom stereocenters. The van der Waals surface area contributed by atoms with Gasteiger partial charge < -0.3 is 14.9 Å². The molecule has 1 rings (SSSR count). The molecule has 0 bridgehead atoms. The molecule has 0 radical (unpaired) electrons. The first kappa shape index (κ1) is 11.0. The second-order valence-electron chi connectivity index (χ2n) is 2.60. The Hall–Kier alpha value is -2.11. The van der Waals surface area contributed by atoms with Crippen LogP contribution in [0.5, 0.6) is 5.75 Å². The highest BCUT2D eigenvalue weighted by Gasteiger charge is 2.17. The maximum absolute atomic E-state index is 13.0. The lowest BCUT2D eigenvalue weighted by molar-refractivity contribution is -0.139. The van der Waals surface area contributed by atoms with Crippen LogP contribution >= 0.6 is 0 Å². The van der Waals surface area contributed by atoms with Crippen LogP contribution in [-0.4, -0.2) is 28.8 Å². The number of carbonyl (C=O) groups is 2. The van der Waals surface area contributed by atoms with E-state index in [1.807, 2.05) is 0 Å². The van der Waals surface area contributed by atoms with Gasteiger partial charge in [-0.1, -0.05) is 6.07 Å². The number of rotatable bonds is 4. The van der Waals surface area contributed by atoms with Gasteiger partial charge >= 0.3 is 11.9 Å². The van der Waals surface area contributed by atoms with Crippen molar-refractivity contribution in [2.45, 2.75) is 0 Å². The van der Waals surface area contributed by atoms with Gasteiger partial charge in [-0.25, -0.2) is 14.0 Å². The summed E-state index contributed by atoms with van der Waals surface area (Å²) in [6, 6.07) is 3.38. The third-order valence-corrected chi connectivity index (χ3v) is 1.54. The van der Waals surface area contributed by atoms with E-state index in [9.17, 15) is 14.0 Å². The van der Waals surface area contributed by atoms with Crippen molar-refractivity contribution in [2.24, 2.45) is 0 Å². The molecule has 0 unspecified atom stereocenters. The average molecular weight is 214 g/mol. The molecule has 0 aromatic heterocycles. The lowest BCUT2D eigenvalue weighted by Crippen LogP contribution is -2.12. The van der Waals surface area contributed by atoms with Crippen LogP contribution in [-0.2, 0) is 4.79 Å². The Labute approximate surface area is 83.7 Å². The van der Waals surface area contributed by atoms with E-state index in [1.54, 1.807) is 0 Å². The summed E-state index contributed by atoms with van der Waals surface area (Å²) in [6.07, 6.45) is 0. The lowest BCUT2D eigenvalue weighted by atomic mass is 10.2. The molecular weight excluding hydrogens is 207 g/mol. The SMILES string of the molecule is O=C(O)COc1cccc(F)c1C(=O)O. The Morgan fingerprint density at radius 1 is 1.33 bits per heavy atom. The Morgan fingerprint density at radius 2 is 2.00 bits per heavy atom. The summed E-state index contributed by atoms with van der Waals surface area (Å²) >= 11 is 0. The summed E-state index contributed by atoms with van der Waals surface area (Å²) in [4.78, 5) is 20.8. The zero-order chi connectivity index (χ0) is 11.4. The molecule has 0 spiro atoms. The molecule has 2 N–H and O–H groups in total. The fourth-order valence-electron chi connectivity index (χ4n) is 0.972. The smallest absolute Gasteiger partial charge is 0.342 e. The average Bonchev–Trinajstić information content (AvgIpc) is 2.13. The number of hydrogen-bond donors (Lipinski definition) is 2. The number of hydrogen-bond acceptors (Lipinski definition) is 3. The normalized spacial score (nSPS) is 9.67. The van der Waals surface area contributed by atoms with E-state index in [-0.39, 0.29) is 5.75 Å². The van der Waals surface area contributed by atoms with Crippen LogP contribution in [0.25, 0.3) is 0 Å². The number of halogens is 1. The van der Waals surface area contributed by atoms with Crippen LogP contribution in [0.15, 0.2) is 18.2 Å². The first-order chi connectivity index (χ1) is 7.02. The summed E-state index contributed by atoms with van der Waals surface area (Å²) in [5, 5.41) is 17.0. The molecule has 0 aliphatic carbocycles. The Balaban J connectivity index is 3.01. The number of aliphatic carboxylic acids is 1. The molecule has 15 heavy (non-hydrogen) atoms. The first-order valence-corrected chi connectivity index (χ1v) is 3.88. The van der Waals surface area contributed by atoms with Crippen LogP contribution in [0, 0.1) is 5.82 Å². The maximum atomic E-state index is 13.0. The lowest BCUT2D eigenvalue weighted by Gasteiger charge is -2.06. The zero-order valence-electron chi connectivity index (χ0n) is 7.44. The molecule has 6 heteroatoms. The van der Waals surface area contributed by atoms with Gasteiger partial charge in [0, 0.05) is 0 Å². The largest absolute Gasteiger partial charge is 0.481 e. The van der Waals surface area contributed by atoms with Crippen molar-refractivity contribution in [2.75, 3.05) is 6.61 Å². The Morgan fingerprint density at radius 3 is 2.53 bits per heavy atom. The quantitative estimate of drug-likeness (QED) is 0.780. The van der Waals surface area contributed by atoms with Gasteiger partial charge in [-0.15, -0.1) is 0 Å². The van der Waals surface area contributed by atoms with E-state index in [1.165, 1.54) is 12.1 Å². The van der Waals surface area contributed by atoms with E-state index in [0.717, 1.165) is 6.07 Å². The van der Waals surface area contributed by atoms with Crippen LogP contribution in [0.4, 0.5) is 4.39 Å². The van der Waals surface area contributed by atoms with Crippen LogP contribution < -0.4 is 4.74 Å². The van der Waals surface area contributed by atoms with E-state index >= 15 is 0 Å². The molecule has 0 saturated heterocycles. The van der Waals surface area contributed by atoms with Crippen molar-refractivity contribution < 1.29 is 28.9 Å². The third kappa shape index (κ3) is 2.67. The summed E-state index contributed by atoms with van der Waals surface area (Å²) in [7, 11) is 0. The highest BCUT2D eigenvalue weighted by molar-refractivity contribution is 5.91. The molecule has 80 valence electrons. The number of ether oxygens (including phenoxy) is 1. The van der Waals surface area contributed by atoms with Crippen molar-refractivity contribution in [3.63, 3.8) is 0 Å². The van der Waals surface area contributed by atoms with Crippen molar-refractivity contribution >= 4 is 11.9 Å². The zero-order valence-corrected chi connectivity index (χ0v) is 7.44. The van der Waals surface area contributed by atoms with Crippen molar-refractivity contribution in [1.82, 2.24) is 0 Å². The van der Waals surface area contributed by atoms with Gasteiger partial charge in [-0.3, -0.25) is 0 Å². The summed E-state index contributed by atoms with van der Waals surface area (Å²) in [5.74, 6) is -4.04. The number of carboxylic acid groups (broad SMARTS) is 2. The molecule has 1 aromatic carbocycles. The molecule has 0 saturated carbocycles. The van der Waals surface area contributed by atoms with E-state index in [0.29, 0.717) is 0 Å². The second-order valence-corrected chi connectivity index (χ2v) is 2.60. The van der Waals surface area contributed by atoms with Crippen molar-refractivity contribution in [3.8, 4) is 5.75 Å². The molecular formula is C9H7FO5. The van der Waals surface area contributed by atoms with Crippen molar-refractivity contribution in [1.29, 1.82) is 0 Å². The maximum Gasteiger partial charge on any atom is 0.342 e. The van der Waals surface area contributed by atoms with Crippen LogP contribution in [0.1, 0.15) is 10.4 Å². The molecule has 5 nitrogen and oxygen atoms in total. The van der Waals surface area contributed by atoms with Gasteiger partial charge in [-0.2, -0.15) is 0 Å². The first-order valence-electron chi connectivity index (χ1n) is 3.88. The van der Waals surface area contributed by atoms with Gasteiger partial charge in [-0.05, 0) is 12.1 Å². The van der Waals surface area contributed by atoms with Gasteiger partial charge in [0.15, 0.2) is 6.61 Å². The standard InChI is InChI=1S/C9H7FO5/c10-5-2-1-3-6(8(5)9(13)14)15-4-7(11)12/h1-3H,4H2,(H,11,12)(H,13,14). The minimum atomic E-state index is -1.51. The Bertz CT molecular complexity index is 401. The molecule has 0 amide bonds. The highest BCUT2D eigenvalue weighted by atomic mass is 19.1. The minimum absolute atomic E-state index is 0.301. The molecule has 0 aliphatic heterocycles. The van der Waals surface area contributed by atoms with E-state index in [4.69, 9.17) is 10.2 Å². The number of aromatic carboxylic acids is 1. The highest BCUT2D eigenvalue weighted by Crippen LogP contribution is 2.21. The monoisotopic (exact) mass is 214 g/mol. The summed E-state index contributed by atoms with van der Waals surface area (Å²) in [5.41, 5.74) is -0.668. The molecule has 1 aromatic rings. The Kier molecular flexibility index (Phi) is 3.22. The van der Waals surface area contributed by atoms with Crippen LogP contribution in [0.3, 0.4) is 0 Å². The van der Waals surface area contributed by atoms with E-state index in [2.05, 4.69) is 4.74 Å². The second kappa shape index (κ2) is 4.41. The van der Waals surface area contributed by atoms with Gasteiger partial charge in [0.25, 0.3) is 0 Å². The number of benzene rings is 1. The predicted octanol–water partition coefficient (Wildman–Crippen LogP) is 0.987. The fourth-order valence-corrected chi connectivity index (χ4v) is 0.972. The minimum Gasteiger partial charge on any atom is -0.481 e. The van der Waals surface area contributed by atoms with E-state index < -0.39 is 29.9 Å².